The first kappa shape index (κ1) is 27.7. The molecule has 0 aliphatic heterocycles. The van der Waals surface area contributed by atoms with Gasteiger partial charge in [0.05, 0.1) is 29.6 Å². The Morgan fingerprint density at radius 1 is 0.625 bits per heavy atom. The van der Waals surface area contributed by atoms with Crippen LogP contribution >= 0.6 is 0 Å². The second kappa shape index (κ2) is 13.0. The number of nitrogens with one attached hydrogen (secondary N) is 2. The summed E-state index contributed by atoms with van der Waals surface area (Å²) in [5.41, 5.74) is 3.59. The highest BCUT2D eigenvalue weighted by Crippen LogP contribution is 2.27. The summed E-state index contributed by atoms with van der Waals surface area (Å²) in [6.45, 7) is -0.975. The predicted molar refractivity (Wildman–Crippen MR) is 150 cm³/mol. The minimum atomic E-state index is -1.20. The number of benzene rings is 4. The van der Waals surface area contributed by atoms with Crippen LogP contribution in [0.4, 0.5) is 11.4 Å². The van der Waals surface area contributed by atoms with Crippen LogP contribution in [0.25, 0.3) is 22.3 Å². The smallest absolute Gasteiger partial charge is 0.339 e. The number of anilines is 2. The van der Waals surface area contributed by atoms with E-state index in [1.54, 1.807) is 24.3 Å². The summed E-state index contributed by atoms with van der Waals surface area (Å²) in [7, 11) is 1.25. The number of carboxylic acid groups (broad SMARTS) is 1. The molecule has 0 aromatic heterocycles. The Bertz CT molecular complexity index is 1540. The fourth-order valence-electron chi connectivity index (χ4n) is 3.99. The molecule has 0 radical (unpaired) electrons. The number of aromatic carboxylic acids is 1. The van der Waals surface area contributed by atoms with Gasteiger partial charge in [-0.2, -0.15) is 0 Å². The van der Waals surface area contributed by atoms with E-state index in [1.807, 2.05) is 60.7 Å². The second-order valence-corrected chi connectivity index (χ2v) is 8.64. The normalized spacial score (nSPS) is 10.4. The van der Waals surface area contributed by atoms with Gasteiger partial charge in [0.1, 0.15) is 13.2 Å². The quantitative estimate of drug-likeness (QED) is 0.240. The molecule has 4 rings (SSSR count). The molecule has 0 saturated carbocycles. The minimum absolute atomic E-state index is 0.0817. The molecular weight excluding hydrogens is 512 g/mol. The van der Waals surface area contributed by atoms with Crippen LogP contribution in [-0.2, 0) is 19.1 Å². The summed E-state index contributed by atoms with van der Waals surface area (Å²) in [6.07, 6.45) is 0. The molecule has 0 unspecified atom stereocenters. The van der Waals surface area contributed by atoms with E-state index in [2.05, 4.69) is 10.6 Å². The van der Waals surface area contributed by atoms with Gasteiger partial charge in [-0.3, -0.25) is 9.59 Å². The van der Waals surface area contributed by atoms with E-state index in [0.717, 1.165) is 16.7 Å². The Kier molecular flexibility index (Phi) is 9.01. The predicted octanol–water partition coefficient (Wildman–Crippen LogP) is 5.10. The molecule has 40 heavy (non-hydrogen) atoms. The van der Waals surface area contributed by atoms with Crippen LogP contribution in [0.5, 0.6) is 0 Å². The fraction of sp³-hybridized carbons (Fsp3) is 0.0968. The summed E-state index contributed by atoms with van der Waals surface area (Å²) < 4.78 is 10.1. The lowest BCUT2D eigenvalue weighted by molar-refractivity contribution is -0.125. The van der Waals surface area contributed by atoms with Crippen molar-refractivity contribution in [3.63, 3.8) is 0 Å². The minimum Gasteiger partial charge on any atom is -0.478 e. The highest BCUT2D eigenvalue weighted by Gasteiger charge is 2.17. The van der Waals surface area contributed by atoms with Gasteiger partial charge in [0.15, 0.2) is 0 Å². The zero-order valence-corrected chi connectivity index (χ0v) is 21.5. The van der Waals surface area contributed by atoms with Crippen molar-refractivity contribution in [1.82, 2.24) is 0 Å². The van der Waals surface area contributed by atoms with Gasteiger partial charge in [-0.1, -0.05) is 72.8 Å². The second-order valence-electron chi connectivity index (χ2n) is 8.64. The van der Waals surface area contributed by atoms with E-state index in [9.17, 15) is 24.3 Å². The first-order valence-electron chi connectivity index (χ1n) is 12.2. The molecule has 2 amide bonds. The first-order valence-corrected chi connectivity index (χ1v) is 12.2. The Morgan fingerprint density at radius 3 is 1.52 bits per heavy atom. The van der Waals surface area contributed by atoms with Gasteiger partial charge in [-0.05, 0) is 46.5 Å². The van der Waals surface area contributed by atoms with E-state index < -0.39 is 37.0 Å². The van der Waals surface area contributed by atoms with Crippen LogP contribution in [0.3, 0.4) is 0 Å². The molecule has 0 aliphatic carbocycles. The number of esters is 1. The van der Waals surface area contributed by atoms with E-state index in [-0.39, 0.29) is 22.5 Å². The lowest BCUT2D eigenvalue weighted by atomic mass is 10.0. The van der Waals surface area contributed by atoms with E-state index in [4.69, 9.17) is 9.47 Å². The Morgan fingerprint density at radius 2 is 1.07 bits per heavy atom. The van der Waals surface area contributed by atoms with Crippen molar-refractivity contribution < 1.29 is 33.8 Å². The summed E-state index contributed by atoms with van der Waals surface area (Å²) in [5.74, 6) is -3.05. The standard InChI is InChI=1S/C31H26N2O7/c1-39-31(38)25-17-23(21-10-6-3-7-11-21)13-15-27(25)33-29(35)19-40-18-28(34)32-26-14-12-22(16-24(26)30(36)37)20-8-4-2-5-9-20/h2-17H,18-19H2,1H3,(H,32,34)(H,33,35)(H,36,37). The molecule has 0 atom stereocenters. The highest BCUT2D eigenvalue weighted by molar-refractivity contribution is 6.03. The topological polar surface area (TPSA) is 131 Å². The fourth-order valence-corrected chi connectivity index (χ4v) is 3.99. The number of carbonyl (C=O) groups excluding carboxylic acids is 3. The van der Waals surface area contributed by atoms with Crippen LogP contribution in [0.2, 0.25) is 0 Å². The van der Waals surface area contributed by atoms with Crippen LogP contribution in [0, 0.1) is 0 Å². The van der Waals surface area contributed by atoms with Crippen molar-refractivity contribution >= 4 is 35.1 Å². The number of carbonyl (C=O) groups is 4. The van der Waals surface area contributed by atoms with Gasteiger partial charge in [0, 0.05) is 0 Å². The van der Waals surface area contributed by atoms with Gasteiger partial charge < -0.3 is 25.2 Å². The Labute approximate surface area is 230 Å². The summed E-state index contributed by atoms with van der Waals surface area (Å²) in [4.78, 5) is 49.1. The largest absolute Gasteiger partial charge is 0.478 e. The van der Waals surface area contributed by atoms with Crippen molar-refractivity contribution in [1.29, 1.82) is 0 Å². The van der Waals surface area contributed by atoms with Crippen LogP contribution < -0.4 is 10.6 Å². The van der Waals surface area contributed by atoms with Crippen molar-refractivity contribution in [2.45, 2.75) is 0 Å². The van der Waals surface area contributed by atoms with Gasteiger partial charge in [-0.15, -0.1) is 0 Å². The number of hydrogen-bond donors (Lipinski definition) is 3. The molecule has 0 saturated heterocycles. The molecule has 4 aromatic rings. The maximum Gasteiger partial charge on any atom is 0.339 e. The van der Waals surface area contributed by atoms with Gasteiger partial charge in [0.2, 0.25) is 11.8 Å². The SMILES string of the molecule is COC(=O)c1cc(-c2ccccc2)ccc1NC(=O)COCC(=O)Nc1ccc(-c2ccccc2)cc1C(=O)O. The summed E-state index contributed by atoms with van der Waals surface area (Å²) in [6, 6.07) is 28.3. The molecule has 3 N–H and O–H groups in total. The summed E-state index contributed by atoms with van der Waals surface area (Å²) >= 11 is 0. The monoisotopic (exact) mass is 538 g/mol. The number of amides is 2. The molecular formula is C31H26N2O7. The maximum atomic E-state index is 12.5. The lowest BCUT2D eigenvalue weighted by Crippen LogP contribution is -2.25. The van der Waals surface area contributed by atoms with Crippen LogP contribution in [-0.4, -0.2) is 49.2 Å². The van der Waals surface area contributed by atoms with Crippen molar-refractivity contribution in [2.75, 3.05) is 31.0 Å². The molecule has 0 spiro atoms. The molecule has 0 aliphatic rings. The van der Waals surface area contributed by atoms with Crippen molar-refractivity contribution in [2.24, 2.45) is 0 Å². The molecule has 202 valence electrons. The van der Waals surface area contributed by atoms with E-state index >= 15 is 0 Å². The van der Waals surface area contributed by atoms with E-state index in [0.29, 0.717) is 5.56 Å². The lowest BCUT2D eigenvalue weighted by Gasteiger charge is -2.13. The third-order valence-electron chi connectivity index (χ3n) is 5.90. The molecule has 0 heterocycles. The average Bonchev–Trinajstić information content (AvgIpc) is 2.98. The third-order valence-corrected chi connectivity index (χ3v) is 5.90. The number of rotatable bonds is 10. The molecule has 9 nitrogen and oxygen atoms in total. The van der Waals surface area contributed by atoms with Crippen molar-refractivity contribution in [3.8, 4) is 22.3 Å². The third kappa shape index (κ3) is 6.97. The van der Waals surface area contributed by atoms with Gasteiger partial charge in [0.25, 0.3) is 0 Å². The Balaban J connectivity index is 1.36. The maximum absolute atomic E-state index is 12.5. The van der Waals surface area contributed by atoms with Crippen LogP contribution in [0.1, 0.15) is 20.7 Å². The molecule has 0 fully saturated rings. The molecule has 9 heteroatoms. The highest BCUT2D eigenvalue weighted by atomic mass is 16.5. The Hall–Kier alpha value is -5.28. The zero-order chi connectivity index (χ0) is 28.5. The zero-order valence-electron chi connectivity index (χ0n) is 21.5. The number of methoxy groups -OCH3 is 1. The van der Waals surface area contributed by atoms with E-state index in [1.165, 1.54) is 19.2 Å². The number of ether oxygens (including phenoxy) is 2. The van der Waals surface area contributed by atoms with Gasteiger partial charge >= 0.3 is 11.9 Å². The molecule has 4 aromatic carbocycles. The first-order chi connectivity index (χ1) is 19.4. The summed E-state index contributed by atoms with van der Waals surface area (Å²) in [5, 5.41) is 14.7. The number of hydrogen-bond acceptors (Lipinski definition) is 6. The number of carboxylic acids is 1. The van der Waals surface area contributed by atoms with Gasteiger partial charge in [-0.25, -0.2) is 9.59 Å². The van der Waals surface area contributed by atoms with Crippen molar-refractivity contribution in [3.05, 3.63) is 108 Å². The van der Waals surface area contributed by atoms with Crippen LogP contribution in [0.15, 0.2) is 97.1 Å². The average molecular weight is 539 g/mol. The molecule has 0 bridgehead atoms.